The van der Waals surface area contributed by atoms with Gasteiger partial charge >= 0.3 is 0 Å². The third-order valence-electron chi connectivity index (χ3n) is 4.78. The van der Waals surface area contributed by atoms with E-state index < -0.39 is 23.8 Å². The van der Waals surface area contributed by atoms with Gasteiger partial charge in [0.05, 0.1) is 31.9 Å². The number of benzene rings is 2. The first-order valence-corrected chi connectivity index (χ1v) is 9.12. The number of likely N-dealkylation sites (tertiary alicyclic amines) is 1. The normalized spacial score (nSPS) is 19.3. The highest BCUT2D eigenvalue weighted by Gasteiger charge is 2.47. The standard InChI is InChI=1S/C22H23NO6/c1-13(24)12-23-19(16-11-15(28-2)9-10-17(16)29-3)18(21(26)22(23)27)20(25)14-7-5-4-6-8-14/h4-11,13,19,24-25H,12H2,1-3H3/b20-18-. The molecule has 2 aromatic carbocycles. The molecular weight excluding hydrogens is 374 g/mol. The van der Waals surface area contributed by atoms with Gasteiger partial charge in [-0.15, -0.1) is 0 Å². The molecule has 7 heteroatoms. The van der Waals surface area contributed by atoms with E-state index in [0.29, 0.717) is 22.6 Å². The van der Waals surface area contributed by atoms with Crippen molar-refractivity contribution in [1.29, 1.82) is 0 Å². The van der Waals surface area contributed by atoms with Crippen LogP contribution in [0.15, 0.2) is 54.1 Å². The summed E-state index contributed by atoms with van der Waals surface area (Å²) in [5.41, 5.74) is 0.826. The van der Waals surface area contributed by atoms with Crippen molar-refractivity contribution in [3.8, 4) is 11.5 Å². The first-order chi connectivity index (χ1) is 13.9. The fraction of sp³-hybridized carbons (Fsp3) is 0.273. The molecule has 152 valence electrons. The van der Waals surface area contributed by atoms with Crippen molar-refractivity contribution < 1.29 is 29.3 Å². The van der Waals surface area contributed by atoms with Crippen molar-refractivity contribution in [2.75, 3.05) is 20.8 Å². The number of Topliss-reactive ketones (excluding diaryl/α,β-unsaturated/α-hetero) is 1. The fourth-order valence-electron chi connectivity index (χ4n) is 3.48. The molecule has 1 aliphatic rings. The van der Waals surface area contributed by atoms with Crippen LogP contribution >= 0.6 is 0 Å². The number of carbonyl (C=O) groups is 2. The number of hydrogen-bond acceptors (Lipinski definition) is 6. The Morgan fingerprint density at radius 1 is 1.10 bits per heavy atom. The minimum atomic E-state index is -0.935. The van der Waals surface area contributed by atoms with Crippen LogP contribution in [0.4, 0.5) is 0 Å². The summed E-state index contributed by atoms with van der Waals surface area (Å²) in [6, 6.07) is 12.6. The first-order valence-electron chi connectivity index (χ1n) is 9.12. The van der Waals surface area contributed by atoms with E-state index in [4.69, 9.17) is 9.47 Å². The summed E-state index contributed by atoms with van der Waals surface area (Å²) in [6.07, 6.45) is -0.871. The van der Waals surface area contributed by atoms with Crippen molar-refractivity contribution in [2.24, 2.45) is 0 Å². The van der Waals surface area contributed by atoms with Gasteiger partial charge in [0.2, 0.25) is 0 Å². The zero-order valence-corrected chi connectivity index (χ0v) is 16.5. The molecule has 0 spiro atoms. The molecule has 0 saturated carbocycles. The van der Waals surface area contributed by atoms with E-state index in [1.165, 1.54) is 26.0 Å². The quantitative estimate of drug-likeness (QED) is 0.442. The van der Waals surface area contributed by atoms with Crippen LogP contribution in [-0.4, -0.2) is 53.7 Å². The second kappa shape index (κ2) is 8.36. The molecule has 1 fully saturated rings. The minimum Gasteiger partial charge on any atom is -0.507 e. The predicted octanol–water partition coefficient (Wildman–Crippen LogP) is 2.51. The van der Waals surface area contributed by atoms with E-state index in [1.807, 2.05) is 0 Å². The summed E-state index contributed by atoms with van der Waals surface area (Å²) in [5.74, 6) is -0.970. The monoisotopic (exact) mass is 397 g/mol. The maximum Gasteiger partial charge on any atom is 0.295 e. The van der Waals surface area contributed by atoms with Crippen molar-refractivity contribution in [1.82, 2.24) is 4.90 Å². The van der Waals surface area contributed by atoms with Crippen LogP contribution < -0.4 is 9.47 Å². The molecule has 3 rings (SSSR count). The van der Waals surface area contributed by atoms with Gasteiger partial charge in [-0.25, -0.2) is 0 Å². The van der Waals surface area contributed by atoms with E-state index in [2.05, 4.69) is 0 Å². The maximum absolute atomic E-state index is 12.9. The Morgan fingerprint density at radius 3 is 2.38 bits per heavy atom. The van der Waals surface area contributed by atoms with Gasteiger partial charge in [-0.05, 0) is 25.1 Å². The molecule has 1 saturated heterocycles. The first kappa shape index (κ1) is 20.4. The second-order valence-electron chi connectivity index (χ2n) is 6.77. The SMILES string of the molecule is COc1ccc(OC)c(C2/C(=C(/O)c3ccccc3)C(=O)C(=O)N2CC(C)O)c1. The Labute approximate surface area is 168 Å². The zero-order valence-electron chi connectivity index (χ0n) is 16.5. The molecule has 2 unspecified atom stereocenters. The highest BCUT2D eigenvalue weighted by molar-refractivity contribution is 6.46. The topological polar surface area (TPSA) is 96.3 Å². The number of hydrogen-bond donors (Lipinski definition) is 2. The molecular formula is C22H23NO6. The molecule has 0 aliphatic carbocycles. The van der Waals surface area contributed by atoms with Gasteiger partial charge in [-0.3, -0.25) is 9.59 Å². The molecule has 1 amide bonds. The number of methoxy groups -OCH3 is 2. The van der Waals surface area contributed by atoms with E-state index in [-0.39, 0.29) is 17.9 Å². The Balaban J connectivity index is 2.27. The molecule has 1 heterocycles. The van der Waals surface area contributed by atoms with Gasteiger partial charge in [0.1, 0.15) is 17.3 Å². The number of β-amino-alcohol motifs (C(OH)–C–C–N with tert-alkyl or cyclic N) is 1. The third-order valence-corrected chi connectivity index (χ3v) is 4.78. The van der Waals surface area contributed by atoms with Gasteiger partial charge in [0.15, 0.2) is 0 Å². The predicted molar refractivity (Wildman–Crippen MR) is 107 cm³/mol. The lowest BCUT2D eigenvalue weighted by Crippen LogP contribution is -2.35. The highest BCUT2D eigenvalue weighted by Crippen LogP contribution is 2.43. The van der Waals surface area contributed by atoms with E-state index in [1.54, 1.807) is 48.5 Å². The van der Waals surface area contributed by atoms with Crippen LogP contribution in [0.25, 0.3) is 5.76 Å². The molecule has 2 N–H and O–H groups in total. The van der Waals surface area contributed by atoms with Gasteiger partial charge < -0.3 is 24.6 Å². The van der Waals surface area contributed by atoms with Gasteiger partial charge in [0, 0.05) is 17.7 Å². The maximum atomic E-state index is 12.9. The van der Waals surface area contributed by atoms with Crippen molar-refractivity contribution in [2.45, 2.75) is 19.1 Å². The fourth-order valence-corrected chi connectivity index (χ4v) is 3.48. The molecule has 29 heavy (non-hydrogen) atoms. The molecule has 0 aromatic heterocycles. The van der Waals surface area contributed by atoms with Crippen molar-refractivity contribution in [3.05, 3.63) is 65.2 Å². The Hall–Kier alpha value is -3.32. The second-order valence-corrected chi connectivity index (χ2v) is 6.77. The Bertz CT molecular complexity index is 951. The summed E-state index contributed by atoms with van der Waals surface area (Å²) in [4.78, 5) is 26.9. The van der Waals surface area contributed by atoms with Crippen molar-refractivity contribution >= 4 is 17.4 Å². The lowest BCUT2D eigenvalue weighted by molar-refractivity contribution is -0.140. The number of amides is 1. The molecule has 0 bridgehead atoms. The van der Waals surface area contributed by atoms with Crippen LogP contribution in [0.1, 0.15) is 24.1 Å². The molecule has 7 nitrogen and oxygen atoms in total. The van der Waals surface area contributed by atoms with Crippen LogP contribution in [0, 0.1) is 0 Å². The number of aliphatic hydroxyl groups excluding tert-OH is 2. The van der Waals surface area contributed by atoms with Crippen LogP contribution in [0.3, 0.4) is 0 Å². The average Bonchev–Trinajstić information content (AvgIpc) is 2.97. The van der Waals surface area contributed by atoms with E-state index >= 15 is 0 Å². The lowest BCUT2D eigenvalue weighted by atomic mass is 9.94. The van der Waals surface area contributed by atoms with Gasteiger partial charge in [-0.2, -0.15) is 0 Å². The number of nitrogens with zero attached hydrogens (tertiary/aromatic N) is 1. The van der Waals surface area contributed by atoms with Crippen molar-refractivity contribution in [3.63, 3.8) is 0 Å². The Kier molecular flexibility index (Phi) is 5.89. The van der Waals surface area contributed by atoms with Crippen LogP contribution in [0.5, 0.6) is 11.5 Å². The summed E-state index contributed by atoms with van der Waals surface area (Å²) in [7, 11) is 2.98. The summed E-state index contributed by atoms with van der Waals surface area (Å²) in [5, 5.41) is 20.8. The average molecular weight is 397 g/mol. The summed E-state index contributed by atoms with van der Waals surface area (Å²) in [6.45, 7) is 1.44. The van der Waals surface area contributed by atoms with Gasteiger partial charge in [-0.1, -0.05) is 30.3 Å². The number of ether oxygens (including phenoxy) is 2. The Morgan fingerprint density at radius 2 is 1.79 bits per heavy atom. The molecule has 1 aliphatic heterocycles. The lowest BCUT2D eigenvalue weighted by Gasteiger charge is -2.27. The zero-order chi connectivity index (χ0) is 21.1. The highest BCUT2D eigenvalue weighted by atomic mass is 16.5. The smallest absolute Gasteiger partial charge is 0.295 e. The number of rotatable bonds is 6. The molecule has 2 atom stereocenters. The minimum absolute atomic E-state index is 0.0617. The number of ketones is 1. The number of carbonyl (C=O) groups excluding carboxylic acids is 2. The largest absolute Gasteiger partial charge is 0.507 e. The number of aliphatic hydroxyl groups is 2. The third kappa shape index (κ3) is 3.82. The molecule has 2 aromatic rings. The van der Waals surface area contributed by atoms with Gasteiger partial charge in [0.25, 0.3) is 11.7 Å². The van der Waals surface area contributed by atoms with Crippen LogP contribution in [0.2, 0.25) is 0 Å². The van der Waals surface area contributed by atoms with Crippen LogP contribution in [-0.2, 0) is 9.59 Å². The van der Waals surface area contributed by atoms with E-state index in [0.717, 1.165) is 0 Å². The summed E-state index contributed by atoms with van der Waals surface area (Å²) < 4.78 is 10.7. The summed E-state index contributed by atoms with van der Waals surface area (Å²) >= 11 is 0. The molecule has 0 radical (unpaired) electrons. The van der Waals surface area contributed by atoms with E-state index in [9.17, 15) is 19.8 Å².